The quantitative estimate of drug-likeness (QED) is 0.769. The van der Waals surface area contributed by atoms with Gasteiger partial charge in [0.1, 0.15) is 5.04 Å². The van der Waals surface area contributed by atoms with Crippen LogP contribution in [0.4, 0.5) is 0 Å². The van der Waals surface area contributed by atoms with E-state index in [0.717, 1.165) is 29.3 Å². The van der Waals surface area contributed by atoms with E-state index in [1.807, 2.05) is 41.1 Å². The summed E-state index contributed by atoms with van der Waals surface area (Å²) < 4.78 is 1.91. The molecule has 0 fully saturated rings. The smallest absolute Gasteiger partial charge is 0.283 e. The highest BCUT2D eigenvalue weighted by Gasteiger charge is 2.35. The summed E-state index contributed by atoms with van der Waals surface area (Å²) in [6.07, 6.45) is 5.30. The van der Waals surface area contributed by atoms with Crippen LogP contribution in [0.5, 0.6) is 0 Å². The molecule has 8 heteroatoms. The number of nitrogens with one attached hydrogen (secondary N) is 1. The summed E-state index contributed by atoms with van der Waals surface area (Å²) in [5.74, 6) is -0.381. The van der Waals surface area contributed by atoms with Gasteiger partial charge in [-0.3, -0.25) is 10.2 Å². The van der Waals surface area contributed by atoms with Crippen molar-refractivity contribution in [3.63, 3.8) is 0 Å². The lowest BCUT2D eigenvalue weighted by Gasteiger charge is -2.20. The van der Waals surface area contributed by atoms with Crippen molar-refractivity contribution in [1.29, 1.82) is 5.41 Å². The summed E-state index contributed by atoms with van der Waals surface area (Å²) in [6, 6.07) is 11.2. The number of hydrogen-bond donors (Lipinski definition) is 1. The van der Waals surface area contributed by atoms with Gasteiger partial charge in [0.05, 0.1) is 5.57 Å². The lowest BCUT2D eigenvalue weighted by molar-refractivity contribution is -0.114. The van der Waals surface area contributed by atoms with E-state index in [2.05, 4.69) is 17.0 Å². The first-order valence-corrected chi connectivity index (χ1v) is 9.68. The van der Waals surface area contributed by atoms with Crippen LogP contribution in [-0.2, 0) is 4.79 Å². The molecule has 1 N–H and O–H groups in total. The van der Waals surface area contributed by atoms with E-state index in [0.29, 0.717) is 10.2 Å². The van der Waals surface area contributed by atoms with Crippen molar-refractivity contribution in [2.24, 2.45) is 10.1 Å². The lowest BCUT2D eigenvalue weighted by Crippen LogP contribution is -2.35. The molecule has 1 aromatic heterocycles. The van der Waals surface area contributed by atoms with Gasteiger partial charge in [-0.1, -0.05) is 24.6 Å². The fourth-order valence-electron chi connectivity index (χ4n) is 2.87. The average molecular weight is 398 g/mol. The largest absolute Gasteiger partial charge is 0.317 e. The zero-order valence-electron chi connectivity index (χ0n) is 14.5. The molecule has 2 aliphatic heterocycles. The Morgan fingerprint density at radius 1 is 1.30 bits per heavy atom. The van der Waals surface area contributed by atoms with Gasteiger partial charge in [-0.05, 0) is 61.0 Å². The number of rotatable bonds is 4. The van der Waals surface area contributed by atoms with Gasteiger partial charge >= 0.3 is 0 Å². The molecule has 1 amide bonds. The molecule has 6 nitrogen and oxygen atoms in total. The van der Waals surface area contributed by atoms with Crippen LogP contribution in [0.25, 0.3) is 11.8 Å². The summed E-state index contributed by atoms with van der Waals surface area (Å²) in [5.41, 5.74) is 1.84. The van der Waals surface area contributed by atoms with Crippen molar-refractivity contribution in [3.05, 3.63) is 58.9 Å². The van der Waals surface area contributed by atoms with Crippen molar-refractivity contribution in [1.82, 2.24) is 9.58 Å². The number of thioether (sulfide) groups is 1. The Morgan fingerprint density at radius 2 is 2.15 bits per heavy atom. The Kier molecular flexibility index (Phi) is 4.72. The molecule has 136 valence electrons. The first-order valence-electron chi connectivity index (χ1n) is 8.49. The maximum Gasteiger partial charge on any atom is 0.283 e. The minimum Gasteiger partial charge on any atom is -0.317 e. The molecule has 2 aromatic rings. The predicted octanol–water partition coefficient (Wildman–Crippen LogP) is 4.55. The minimum absolute atomic E-state index is 0.0439. The van der Waals surface area contributed by atoms with Crippen LogP contribution in [0.3, 0.4) is 0 Å². The van der Waals surface area contributed by atoms with Gasteiger partial charge in [0.2, 0.25) is 5.17 Å². The number of carbonyl (C=O) groups is 1. The van der Waals surface area contributed by atoms with E-state index < -0.39 is 5.91 Å². The maximum atomic E-state index is 12.5. The van der Waals surface area contributed by atoms with Crippen molar-refractivity contribution < 1.29 is 4.79 Å². The van der Waals surface area contributed by atoms with Crippen LogP contribution in [0.15, 0.2) is 58.3 Å². The van der Waals surface area contributed by atoms with Gasteiger partial charge in [-0.15, -0.1) is 0 Å². The number of aliphatic imine (C=N–C) groups is 1. The number of hydrazone groups is 1. The Bertz CT molecular complexity index is 1040. The van der Waals surface area contributed by atoms with E-state index in [4.69, 9.17) is 17.0 Å². The molecule has 0 bridgehead atoms. The monoisotopic (exact) mass is 397 g/mol. The summed E-state index contributed by atoms with van der Waals surface area (Å²) in [5, 5.41) is 16.3. The van der Waals surface area contributed by atoms with Crippen molar-refractivity contribution >= 4 is 51.4 Å². The van der Waals surface area contributed by atoms with Crippen LogP contribution in [-0.4, -0.2) is 31.5 Å². The van der Waals surface area contributed by atoms with Crippen molar-refractivity contribution in [2.75, 3.05) is 0 Å². The zero-order chi connectivity index (χ0) is 19.0. The molecule has 0 radical (unpaired) electrons. The fraction of sp³-hybridized carbons (Fsp3) is 0.158. The first-order chi connectivity index (χ1) is 13.1. The summed E-state index contributed by atoms with van der Waals surface area (Å²) >= 11 is 7.45. The van der Waals surface area contributed by atoms with Gasteiger partial charge in [-0.25, -0.2) is 0 Å². The van der Waals surface area contributed by atoms with Crippen LogP contribution >= 0.6 is 23.4 Å². The molecule has 3 heterocycles. The van der Waals surface area contributed by atoms with Crippen LogP contribution in [0.2, 0.25) is 5.02 Å². The molecule has 4 rings (SSSR count). The molecule has 0 saturated heterocycles. The molecule has 0 saturated carbocycles. The summed E-state index contributed by atoms with van der Waals surface area (Å²) in [6.45, 7) is 2.06. The van der Waals surface area contributed by atoms with Crippen LogP contribution in [0, 0.1) is 5.41 Å². The van der Waals surface area contributed by atoms with E-state index >= 15 is 0 Å². The topological polar surface area (TPSA) is 73.8 Å². The molecule has 0 spiro atoms. The van der Waals surface area contributed by atoms with Gasteiger partial charge in [0.25, 0.3) is 5.91 Å². The fourth-order valence-corrected chi connectivity index (χ4v) is 4.04. The second-order valence-corrected chi connectivity index (χ2v) is 7.52. The number of fused-ring (bicyclic) bond motifs is 1. The van der Waals surface area contributed by atoms with E-state index in [9.17, 15) is 4.79 Å². The highest BCUT2D eigenvalue weighted by atomic mass is 35.5. The SMILES string of the molecule is CCCC1=NN2C(=N)/C(=C\c3cccn3-c3cccc(Cl)c3)C(=O)N=C2S1. The van der Waals surface area contributed by atoms with Gasteiger partial charge in [0, 0.05) is 22.6 Å². The second-order valence-electron chi connectivity index (χ2n) is 6.05. The number of nitrogens with zero attached hydrogens (tertiary/aromatic N) is 4. The Hall–Kier alpha value is -2.64. The van der Waals surface area contributed by atoms with Crippen molar-refractivity contribution in [3.8, 4) is 5.69 Å². The third-order valence-electron chi connectivity index (χ3n) is 4.12. The Morgan fingerprint density at radius 3 is 2.93 bits per heavy atom. The van der Waals surface area contributed by atoms with E-state index in [1.54, 1.807) is 12.1 Å². The van der Waals surface area contributed by atoms with Crippen LogP contribution < -0.4 is 0 Å². The Labute approximate surface area is 165 Å². The molecular weight excluding hydrogens is 382 g/mol. The number of carbonyl (C=O) groups excluding carboxylic acids is 1. The number of halogens is 1. The van der Waals surface area contributed by atoms with Gasteiger partial charge < -0.3 is 4.57 Å². The summed E-state index contributed by atoms with van der Waals surface area (Å²) in [7, 11) is 0. The Balaban J connectivity index is 1.71. The number of amidine groups is 2. The highest BCUT2D eigenvalue weighted by molar-refractivity contribution is 8.26. The van der Waals surface area contributed by atoms with E-state index in [-0.39, 0.29) is 11.4 Å². The minimum atomic E-state index is -0.425. The molecule has 0 aliphatic carbocycles. The number of benzene rings is 1. The molecule has 2 aliphatic rings. The molecule has 0 unspecified atom stereocenters. The number of amides is 1. The van der Waals surface area contributed by atoms with E-state index in [1.165, 1.54) is 16.8 Å². The number of hydrogen-bond acceptors (Lipinski definition) is 4. The first kappa shape index (κ1) is 17.8. The molecule has 0 atom stereocenters. The molecular formula is C19H16ClN5OS. The third kappa shape index (κ3) is 3.36. The van der Waals surface area contributed by atoms with Crippen LogP contribution in [0.1, 0.15) is 25.5 Å². The number of aromatic nitrogens is 1. The average Bonchev–Trinajstić information content (AvgIpc) is 3.26. The van der Waals surface area contributed by atoms with Gasteiger partial charge in [-0.2, -0.15) is 15.1 Å². The highest BCUT2D eigenvalue weighted by Crippen LogP contribution is 2.30. The predicted molar refractivity (Wildman–Crippen MR) is 111 cm³/mol. The second kappa shape index (κ2) is 7.17. The molecule has 1 aromatic carbocycles. The lowest BCUT2D eigenvalue weighted by atomic mass is 10.1. The maximum absolute atomic E-state index is 12.5. The standard InChI is InChI=1S/C19H16ClN5OS/c1-2-5-16-23-25-17(21)15(18(26)22-19(25)27-16)11-14-8-4-9-24(14)13-7-3-6-12(20)10-13/h3-4,6-11,21H,2,5H2,1H3/b15-11+,21-17?. The summed E-state index contributed by atoms with van der Waals surface area (Å²) in [4.78, 5) is 16.6. The normalized spacial score (nSPS) is 18.0. The zero-order valence-corrected chi connectivity index (χ0v) is 16.1. The molecule has 27 heavy (non-hydrogen) atoms. The third-order valence-corrected chi connectivity index (χ3v) is 5.32. The van der Waals surface area contributed by atoms with Crippen molar-refractivity contribution in [2.45, 2.75) is 19.8 Å². The van der Waals surface area contributed by atoms with Gasteiger partial charge in [0.15, 0.2) is 5.84 Å².